The van der Waals surface area contributed by atoms with Crippen LogP contribution in [0.15, 0.2) is 39.7 Å². The maximum atomic E-state index is 13.5. The number of methoxy groups -OCH3 is 2. The molecule has 1 fully saturated rings. The molecule has 2 aliphatic rings. The van der Waals surface area contributed by atoms with Crippen LogP contribution in [-0.4, -0.2) is 47.0 Å². The fourth-order valence-electron chi connectivity index (χ4n) is 3.81. The Hall–Kier alpha value is -2.92. The molecule has 1 aliphatic carbocycles. The third-order valence-electron chi connectivity index (χ3n) is 5.50. The van der Waals surface area contributed by atoms with Gasteiger partial charge in [0.1, 0.15) is 4.90 Å². The van der Waals surface area contributed by atoms with Crippen molar-refractivity contribution in [3.8, 4) is 0 Å². The number of anilines is 2. The highest BCUT2D eigenvalue weighted by Gasteiger charge is 2.39. The van der Waals surface area contributed by atoms with Crippen LogP contribution in [-0.2, 0) is 30.7 Å². The zero-order valence-corrected chi connectivity index (χ0v) is 20.3. The monoisotopic (exact) mass is 536 g/mol. The molecule has 9 nitrogen and oxygen atoms in total. The number of ether oxygens (including phenoxy) is 2. The van der Waals surface area contributed by atoms with Crippen LogP contribution in [0.1, 0.15) is 39.1 Å². The molecule has 0 radical (unpaired) electrons. The van der Waals surface area contributed by atoms with E-state index in [4.69, 9.17) is 9.47 Å². The largest absolute Gasteiger partial charge is 0.465 e. The van der Waals surface area contributed by atoms with E-state index in [1.165, 1.54) is 38.5 Å². The molecule has 174 valence electrons. The number of amides is 1. The molecule has 33 heavy (non-hydrogen) atoms. The summed E-state index contributed by atoms with van der Waals surface area (Å²) >= 11 is 3.35. The fraction of sp³-hybridized carbons (Fsp3) is 0.318. The molecule has 4 rings (SSSR count). The highest BCUT2D eigenvalue weighted by atomic mass is 79.9. The highest BCUT2D eigenvalue weighted by molar-refractivity contribution is 9.10. The Kier molecular flexibility index (Phi) is 6.19. The summed E-state index contributed by atoms with van der Waals surface area (Å²) in [6, 6.07) is 7.03. The lowest BCUT2D eigenvalue weighted by Crippen LogP contribution is -2.31. The third kappa shape index (κ3) is 4.60. The number of nitrogens with one attached hydrogen (secondary N) is 1. The van der Waals surface area contributed by atoms with Crippen molar-refractivity contribution in [1.82, 2.24) is 0 Å². The Balaban J connectivity index is 1.77. The average Bonchev–Trinajstić information content (AvgIpc) is 3.56. The van der Waals surface area contributed by atoms with Crippen molar-refractivity contribution < 1.29 is 32.3 Å². The van der Waals surface area contributed by atoms with Gasteiger partial charge in [-0.25, -0.2) is 18.0 Å². The van der Waals surface area contributed by atoms with Crippen LogP contribution in [0.3, 0.4) is 0 Å². The van der Waals surface area contributed by atoms with Gasteiger partial charge in [-0.3, -0.25) is 9.52 Å². The van der Waals surface area contributed by atoms with Gasteiger partial charge in [-0.05, 0) is 55.2 Å². The first-order valence-corrected chi connectivity index (χ1v) is 12.4. The normalized spacial score (nSPS) is 15.1. The zero-order chi connectivity index (χ0) is 23.9. The molecule has 1 aliphatic heterocycles. The van der Waals surface area contributed by atoms with E-state index in [0.717, 1.165) is 18.4 Å². The third-order valence-corrected chi connectivity index (χ3v) is 7.36. The van der Waals surface area contributed by atoms with Crippen molar-refractivity contribution in [2.24, 2.45) is 5.92 Å². The van der Waals surface area contributed by atoms with Crippen LogP contribution < -0.4 is 9.62 Å². The van der Waals surface area contributed by atoms with E-state index >= 15 is 0 Å². The number of carbonyl (C=O) groups is 3. The number of fused-ring (bicyclic) bond motifs is 1. The number of esters is 2. The predicted octanol–water partition coefficient (Wildman–Crippen LogP) is 3.12. The summed E-state index contributed by atoms with van der Waals surface area (Å²) in [7, 11) is -1.86. The number of rotatable bonds is 6. The molecule has 0 saturated heterocycles. The summed E-state index contributed by atoms with van der Waals surface area (Å²) in [6.07, 6.45) is 2.15. The number of hydrogen-bond acceptors (Lipinski definition) is 7. The van der Waals surface area contributed by atoms with Crippen molar-refractivity contribution in [3.05, 3.63) is 51.5 Å². The minimum atomic E-state index is -4.21. The standard InChI is InChI=1S/C22H21BrN2O7S/c1-31-21(27)14-7-15(22(28)32-2)10-17(9-14)24-33(29,30)18-11-16(23)8-13-5-6-25(19(13)18)20(26)12-3-4-12/h7-12,24H,3-6H2,1-2H3. The molecule has 2 aromatic carbocycles. The summed E-state index contributed by atoms with van der Waals surface area (Å²) < 4.78 is 39.3. The maximum absolute atomic E-state index is 13.5. The van der Waals surface area contributed by atoms with Crippen LogP contribution in [0.5, 0.6) is 0 Å². The number of carbonyl (C=O) groups excluding carboxylic acids is 3. The lowest BCUT2D eigenvalue weighted by molar-refractivity contribution is -0.119. The Morgan fingerprint density at radius 2 is 1.61 bits per heavy atom. The molecule has 2 aromatic rings. The van der Waals surface area contributed by atoms with Gasteiger partial charge in [-0.1, -0.05) is 15.9 Å². The first-order chi connectivity index (χ1) is 15.6. The van der Waals surface area contributed by atoms with Crippen molar-refractivity contribution in [2.75, 3.05) is 30.4 Å². The SMILES string of the molecule is COC(=O)c1cc(NS(=O)(=O)c2cc(Br)cc3c2N(C(=O)C2CC2)CC3)cc(C(=O)OC)c1. The predicted molar refractivity (Wildman–Crippen MR) is 123 cm³/mol. The van der Waals surface area contributed by atoms with Crippen molar-refractivity contribution >= 4 is 55.2 Å². The Morgan fingerprint density at radius 3 is 2.15 bits per heavy atom. The van der Waals surface area contributed by atoms with E-state index in [0.29, 0.717) is 23.1 Å². The average molecular weight is 537 g/mol. The van der Waals surface area contributed by atoms with Crippen LogP contribution in [0.25, 0.3) is 0 Å². The molecule has 11 heteroatoms. The van der Waals surface area contributed by atoms with Gasteiger partial charge in [0.2, 0.25) is 5.91 Å². The summed E-state index contributed by atoms with van der Waals surface area (Å²) in [5, 5.41) is 0. The van der Waals surface area contributed by atoms with Gasteiger partial charge in [0.15, 0.2) is 0 Å². The molecular weight excluding hydrogens is 516 g/mol. The van der Waals surface area contributed by atoms with Crippen molar-refractivity contribution in [3.63, 3.8) is 0 Å². The van der Waals surface area contributed by atoms with E-state index in [2.05, 4.69) is 20.7 Å². The van der Waals surface area contributed by atoms with Gasteiger partial charge >= 0.3 is 11.9 Å². The zero-order valence-electron chi connectivity index (χ0n) is 17.9. The van der Waals surface area contributed by atoms with Crippen molar-refractivity contribution in [1.29, 1.82) is 0 Å². The van der Waals surface area contributed by atoms with Crippen molar-refractivity contribution in [2.45, 2.75) is 24.2 Å². The first-order valence-electron chi connectivity index (χ1n) is 10.1. The van der Waals surface area contributed by atoms with Gasteiger partial charge in [0.25, 0.3) is 10.0 Å². The first kappa shape index (κ1) is 23.2. The molecule has 0 aromatic heterocycles. The van der Waals surface area contributed by atoms with Crippen LogP contribution in [0, 0.1) is 5.92 Å². The molecule has 1 amide bonds. The summed E-state index contributed by atoms with van der Waals surface area (Å²) in [5.74, 6) is -1.63. The second-order valence-electron chi connectivity index (χ2n) is 7.81. The molecule has 0 bridgehead atoms. The molecule has 0 atom stereocenters. The molecule has 0 unspecified atom stereocenters. The second-order valence-corrected chi connectivity index (χ2v) is 10.4. The lowest BCUT2D eigenvalue weighted by atomic mass is 10.1. The Morgan fingerprint density at radius 1 is 1.00 bits per heavy atom. The topological polar surface area (TPSA) is 119 Å². The highest BCUT2D eigenvalue weighted by Crippen LogP contribution is 2.41. The summed E-state index contributed by atoms with van der Waals surface area (Å²) in [4.78, 5) is 38.4. The summed E-state index contributed by atoms with van der Waals surface area (Å²) in [5.41, 5.74) is 1.04. The Bertz CT molecular complexity index is 1240. The molecule has 1 heterocycles. The number of nitrogens with zero attached hydrogens (tertiary/aromatic N) is 1. The van der Waals surface area contributed by atoms with E-state index in [1.807, 2.05) is 6.07 Å². The van der Waals surface area contributed by atoms with Gasteiger partial charge in [-0.15, -0.1) is 0 Å². The number of benzene rings is 2. The lowest BCUT2D eigenvalue weighted by Gasteiger charge is -2.21. The fourth-order valence-corrected chi connectivity index (χ4v) is 5.79. The molecule has 1 saturated carbocycles. The van der Waals surface area contributed by atoms with E-state index in [-0.39, 0.29) is 33.5 Å². The second kappa shape index (κ2) is 8.79. The van der Waals surface area contributed by atoms with Gasteiger partial charge in [0.05, 0.1) is 36.7 Å². The number of hydrogen-bond donors (Lipinski definition) is 1. The minimum absolute atomic E-state index is 0.0231. The van der Waals surface area contributed by atoms with E-state index in [9.17, 15) is 22.8 Å². The Labute approximate surface area is 199 Å². The van der Waals surface area contributed by atoms with E-state index < -0.39 is 22.0 Å². The number of halogens is 1. The molecular formula is C22H21BrN2O7S. The molecule has 1 N–H and O–H groups in total. The summed E-state index contributed by atoms with van der Waals surface area (Å²) in [6.45, 7) is 0.411. The van der Waals surface area contributed by atoms with Crippen LogP contribution >= 0.6 is 15.9 Å². The van der Waals surface area contributed by atoms with Gasteiger partial charge in [-0.2, -0.15) is 0 Å². The maximum Gasteiger partial charge on any atom is 0.337 e. The smallest absolute Gasteiger partial charge is 0.337 e. The number of sulfonamides is 1. The van der Waals surface area contributed by atoms with Gasteiger partial charge < -0.3 is 14.4 Å². The van der Waals surface area contributed by atoms with Crippen LogP contribution in [0.4, 0.5) is 11.4 Å². The quantitative estimate of drug-likeness (QED) is 0.563. The van der Waals surface area contributed by atoms with E-state index in [1.54, 1.807) is 4.90 Å². The van der Waals surface area contributed by atoms with Crippen LogP contribution in [0.2, 0.25) is 0 Å². The molecule has 0 spiro atoms. The van der Waals surface area contributed by atoms with Gasteiger partial charge in [0, 0.05) is 16.9 Å². The minimum Gasteiger partial charge on any atom is -0.465 e.